The first-order chi connectivity index (χ1) is 38.5. The van der Waals surface area contributed by atoms with E-state index in [-0.39, 0.29) is 19.1 Å². The number of amides is 1. The fourth-order valence-corrected chi connectivity index (χ4v) is 11.1. The number of phosphoric acid groups is 1. The minimum absolute atomic E-state index is 0.0543. The van der Waals surface area contributed by atoms with Crippen LogP contribution in [0.15, 0.2) is 48.6 Å². The van der Waals surface area contributed by atoms with Gasteiger partial charge in [0.25, 0.3) is 0 Å². The topological polar surface area (TPSA) is 105 Å². The van der Waals surface area contributed by atoms with Crippen molar-refractivity contribution in [1.29, 1.82) is 0 Å². The normalized spacial score (nSPS) is 14.0. The van der Waals surface area contributed by atoms with Crippen molar-refractivity contribution >= 4 is 13.7 Å². The Morgan fingerprint density at radius 1 is 0.418 bits per heavy atom. The molecule has 0 aliphatic carbocycles. The molecule has 0 aromatic carbocycles. The lowest BCUT2D eigenvalue weighted by atomic mass is 10.0. The number of aliphatic hydroxyl groups excluding tert-OH is 1. The van der Waals surface area contributed by atoms with Gasteiger partial charge in [-0.05, 0) is 70.6 Å². The largest absolute Gasteiger partial charge is 0.472 e. The van der Waals surface area contributed by atoms with Gasteiger partial charge in [-0.15, -0.1) is 0 Å². The lowest BCUT2D eigenvalue weighted by Gasteiger charge is -2.25. The molecule has 79 heavy (non-hydrogen) atoms. The third-order valence-electron chi connectivity index (χ3n) is 15.7. The van der Waals surface area contributed by atoms with E-state index in [1.807, 2.05) is 27.2 Å². The summed E-state index contributed by atoms with van der Waals surface area (Å²) in [5.41, 5.74) is 0. The molecule has 9 heteroatoms. The second-order valence-electron chi connectivity index (χ2n) is 24.9. The average Bonchev–Trinajstić information content (AvgIpc) is 3.42. The van der Waals surface area contributed by atoms with E-state index in [0.717, 1.165) is 44.9 Å². The highest BCUT2D eigenvalue weighted by Gasteiger charge is 2.28. The zero-order valence-electron chi connectivity index (χ0n) is 53.4. The van der Waals surface area contributed by atoms with Crippen molar-refractivity contribution in [2.45, 2.75) is 353 Å². The molecule has 0 aromatic rings. The molecule has 0 rings (SSSR count). The molecule has 0 heterocycles. The van der Waals surface area contributed by atoms with Crippen LogP contribution in [0.5, 0.6) is 0 Å². The van der Waals surface area contributed by atoms with Gasteiger partial charge in [0.1, 0.15) is 13.2 Å². The molecule has 0 fully saturated rings. The van der Waals surface area contributed by atoms with Gasteiger partial charge in [0.2, 0.25) is 5.91 Å². The summed E-state index contributed by atoms with van der Waals surface area (Å²) >= 11 is 0. The van der Waals surface area contributed by atoms with Gasteiger partial charge < -0.3 is 19.8 Å². The Bertz CT molecular complexity index is 1430. The SMILES string of the molecule is CCCCCCCCCC/C=C\CCCCCCCCCCCCCCCCCCCCCC(=O)NC(COP(=O)(O)OCC[N+](C)(C)C)C(O)/C=C/CC/C=C/CC/C=C/CCCCCCCCCCCCCCCCCC. The molecule has 0 saturated carbocycles. The molecule has 3 unspecified atom stereocenters. The van der Waals surface area contributed by atoms with Crippen LogP contribution in [-0.4, -0.2) is 73.4 Å². The minimum atomic E-state index is -4.36. The Hall–Kier alpha value is -1.54. The summed E-state index contributed by atoms with van der Waals surface area (Å²) in [6.45, 7) is 4.84. The van der Waals surface area contributed by atoms with Crippen LogP contribution in [0, 0.1) is 0 Å². The molecule has 0 aliphatic heterocycles. The number of rotatable bonds is 64. The number of hydrogen-bond acceptors (Lipinski definition) is 5. The Labute approximate surface area is 492 Å². The lowest BCUT2D eigenvalue weighted by molar-refractivity contribution is -0.870. The molecular weight excluding hydrogens is 996 g/mol. The summed E-state index contributed by atoms with van der Waals surface area (Å²) < 4.78 is 23.8. The number of nitrogens with one attached hydrogen (secondary N) is 1. The third-order valence-corrected chi connectivity index (χ3v) is 16.7. The van der Waals surface area contributed by atoms with Crippen LogP contribution in [0.1, 0.15) is 341 Å². The maximum Gasteiger partial charge on any atom is 0.472 e. The van der Waals surface area contributed by atoms with Gasteiger partial charge in [-0.2, -0.15) is 0 Å². The fraction of sp³-hybridized carbons (Fsp3) is 0.871. The van der Waals surface area contributed by atoms with Crippen LogP contribution < -0.4 is 5.32 Å². The van der Waals surface area contributed by atoms with E-state index in [9.17, 15) is 19.4 Å². The Morgan fingerprint density at radius 2 is 0.696 bits per heavy atom. The van der Waals surface area contributed by atoms with Gasteiger partial charge >= 0.3 is 7.82 Å². The number of quaternary nitrogens is 1. The molecule has 466 valence electrons. The number of likely N-dealkylation sites (N-methyl/N-ethyl adjacent to an activating group) is 1. The first-order valence-electron chi connectivity index (χ1n) is 34.5. The number of nitrogens with zero attached hydrogens (tertiary/aromatic N) is 1. The Kier molecular flexibility index (Phi) is 59.8. The highest BCUT2D eigenvalue weighted by Crippen LogP contribution is 2.43. The number of phosphoric ester groups is 1. The molecule has 0 bridgehead atoms. The van der Waals surface area contributed by atoms with Crippen LogP contribution in [0.25, 0.3) is 0 Å². The van der Waals surface area contributed by atoms with Crippen LogP contribution in [0.4, 0.5) is 0 Å². The maximum absolute atomic E-state index is 13.0. The van der Waals surface area contributed by atoms with E-state index < -0.39 is 20.0 Å². The summed E-state index contributed by atoms with van der Waals surface area (Å²) in [5, 5.41) is 14.0. The van der Waals surface area contributed by atoms with Crippen LogP contribution in [0.3, 0.4) is 0 Å². The predicted octanol–water partition coefficient (Wildman–Crippen LogP) is 21.8. The van der Waals surface area contributed by atoms with Gasteiger partial charge in [-0.25, -0.2) is 4.57 Å². The predicted molar refractivity (Wildman–Crippen MR) is 346 cm³/mol. The summed E-state index contributed by atoms with van der Waals surface area (Å²) in [7, 11) is 1.56. The summed E-state index contributed by atoms with van der Waals surface area (Å²) in [6.07, 6.45) is 82.6. The van der Waals surface area contributed by atoms with Crippen molar-refractivity contribution in [2.24, 2.45) is 0 Å². The van der Waals surface area contributed by atoms with E-state index in [1.54, 1.807) is 6.08 Å². The summed E-state index contributed by atoms with van der Waals surface area (Å²) in [4.78, 5) is 23.4. The van der Waals surface area contributed by atoms with Crippen molar-refractivity contribution in [2.75, 3.05) is 40.9 Å². The van der Waals surface area contributed by atoms with Crippen LogP contribution >= 0.6 is 7.82 Å². The van der Waals surface area contributed by atoms with Gasteiger partial charge in [0.05, 0.1) is 39.9 Å². The number of unbranched alkanes of at least 4 members (excludes halogenated alkanes) is 45. The average molecular weight is 1130 g/mol. The van der Waals surface area contributed by atoms with E-state index in [1.165, 1.54) is 276 Å². The molecule has 0 spiro atoms. The smallest absolute Gasteiger partial charge is 0.387 e. The van der Waals surface area contributed by atoms with Crippen LogP contribution in [-0.2, 0) is 18.4 Å². The van der Waals surface area contributed by atoms with Gasteiger partial charge in [-0.1, -0.05) is 313 Å². The molecule has 0 aromatic heterocycles. The minimum Gasteiger partial charge on any atom is -0.387 e. The monoisotopic (exact) mass is 1130 g/mol. The number of allylic oxidation sites excluding steroid dienone is 7. The molecule has 8 nitrogen and oxygen atoms in total. The van der Waals surface area contributed by atoms with Gasteiger partial charge in [0, 0.05) is 6.42 Å². The van der Waals surface area contributed by atoms with Crippen LogP contribution in [0.2, 0.25) is 0 Å². The molecule has 1 amide bonds. The number of carbonyl (C=O) groups excluding carboxylic acids is 1. The standard InChI is InChI=1S/C70H135N2O6P/c1-6-8-10-12-14-16-18-20-22-24-26-28-30-32-34-35-36-37-38-40-42-44-46-48-50-52-54-56-58-60-62-64-70(74)71-68(67-78-79(75,76)77-66-65-72(3,4)5)69(73)63-61-59-57-55-53-51-49-47-45-43-41-39-33-31-29-27-25-23-21-19-17-15-13-11-9-7-2/h24,26,45,47,53,55,61,63,68-69,73H,6-23,25,27-44,46,48-52,54,56-60,62,64-67H2,1-5H3,(H-,71,74,75,76)/p+1/b26-24-,47-45+,55-53+,63-61+. The lowest BCUT2D eigenvalue weighted by Crippen LogP contribution is -2.45. The second kappa shape index (κ2) is 61.0. The van der Waals surface area contributed by atoms with Gasteiger partial charge in [-0.3, -0.25) is 13.8 Å². The molecule has 0 aliphatic rings. The molecule has 3 N–H and O–H groups in total. The Morgan fingerprint density at radius 3 is 1.01 bits per heavy atom. The molecule has 3 atom stereocenters. The molecule has 0 saturated heterocycles. The molecule has 0 radical (unpaired) electrons. The van der Waals surface area contributed by atoms with Gasteiger partial charge in [0.15, 0.2) is 0 Å². The van der Waals surface area contributed by atoms with E-state index in [0.29, 0.717) is 17.4 Å². The van der Waals surface area contributed by atoms with Crippen molar-refractivity contribution in [3.63, 3.8) is 0 Å². The third kappa shape index (κ3) is 63.9. The number of hydrogen-bond donors (Lipinski definition) is 3. The quantitative estimate of drug-likeness (QED) is 0.0243. The zero-order valence-corrected chi connectivity index (χ0v) is 54.3. The highest BCUT2D eigenvalue weighted by atomic mass is 31.2. The summed E-state index contributed by atoms with van der Waals surface area (Å²) in [6, 6.07) is -0.871. The Balaban J connectivity index is 4.11. The van der Waals surface area contributed by atoms with Crippen molar-refractivity contribution < 1.29 is 32.9 Å². The van der Waals surface area contributed by atoms with E-state index in [4.69, 9.17) is 9.05 Å². The van der Waals surface area contributed by atoms with Crippen molar-refractivity contribution in [3.05, 3.63) is 48.6 Å². The fourth-order valence-electron chi connectivity index (χ4n) is 10.4. The van der Waals surface area contributed by atoms with Crippen molar-refractivity contribution in [1.82, 2.24) is 5.32 Å². The summed E-state index contributed by atoms with van der Waals surface area (Å²) in [5.74, 6) is -0.185. The number of carbonyl (C=O) groups is 1. The maximum atomic E-state index is 13.0. The van der Waals surface area contributed by atoms with Crippen molar-refractivity contribution in [3.8, 4) is 0 Å². The first-order valence-corrected chi connectivity index (χ1v) is 36.0. The highest BCUT2D eigenvalue weighted by molar-refractivity contribution is 7.47. The van der Waals surface area contributed by atoms with E-state index in [2.05, 4.69) is 55.6 Å². The zero-order chi connectivity index (χ0) is 57.7. The number of aliphatic hydroxyl groups is 1. The first kappa shape index (κ1) is 77.5. The van der Waals surface area contributed by atoms with E-state index >= 15 is 0 Å². The molecular formula is C70H136N2O6P+. The second-order valence-corrected chi connectivity index (χ2v) is 26.3.